The molecule has 1 aliphatic heterocycles. The van der Waals surface area contributed by atoms with E-state index in [0.29, 0.717) is 6.04 Å². The summed E-state index contributed by atoms with van der Waals surface area (Å²) >= 11 is 0. The van der Waals surface area contributed by atoms with Gasteiger partial charge in [0, 0.05) is 18.3 Å². The molecular weight excluding hydrogens is 348 g/mol. The predicted molar refractivity (Wildman–Crippen MR) is 118 cm³/mol. The van der Waals surface area contributed by atoms with Crippen LogP contribution < -0.4 is 10.1 Å². The minimum absolute atomic E-state index is 0.0270. The monoisotopic (exact) mass is 388 g/mol. The van der Waals surface area contributed by atoms with Crippen LogP contribution in [-0.2, 0) is 0 Å². The third-order valence-electron chi connectivity index (χ3n) is 5.73. The van der Waals surface area contributed by atoms with Crippen LogP contribution in [0.5, 0.6) is 5.75 Å². The predicted octanol–water partition coefficient (Wildman–Crippen LogP) is 7.00. The zero-order valence-corrected chi connectivity index (χ0v) is 18.0. The summed E-state index contributed by atoms with van der Waals surface area (Å²) in [5.74, 6) is 0.880. The lowest BCUT2D eigenvalue weighted by atomic mass is 10.0. The molecule has 1 fully saturated rings. The Bertz CT molecular complexity index is 544. The van der Waals surface area contributed by atoms with Crippen molar-refractivity contribution in [2.45, 2.75) is 96.9 Å². The van der Waals surface area contributed by atoms with Crippen molar-refractivity contribution < 1.29 is 9.53 Å². The molecule has 1 heterocycles. The summed E-state index contributed by atoms with van der Waals surface area (Å²) in [5, 5.41) is 3.04. The Morgan fingerprint density at radius 3 is 2.36 bits per heavy atom. The number of amides is 2. The summed E-state index contributed by atoms with van der Waals surface area (Å²) in [7, 11) is 0. The number of unbranched alkanes of at least 4 members (excludes halogenated alkanes) is 7. The maximum Gasteiger partial charge on any atom is 0.322 e. The molecule has 1 aliphatic rings. The van der Waals surface area contributed by atoms with E-state index in [2.05, 4.69) is 19.2 Å². The molecule has 1 aromatic carbocycles. The zero-order valence-electron chi connectivity index (χ0n) is 18.0. The minimum atomic E-state index is 0.0270. The topological polar surface area (TPSA) is 41.6 Å². The summed E-state index contributed by atoms with van der Waals surface area (Å²) in [6, 6.07) is 8.18. The lowest BCUT2D eigenvalue weighted by Gasteiger charge is -2.35. The number of piperidine rings is 1. The van der Waals surface area contributed by atoms with Gasteiger partial charge < -0.3 is 15.0 Å². The molecule has 1 saturated heterocycles. The number of anilines is 1. The highest BCUT2D eigenvalue weighted by Gasteiger charge is 2.25. The van der Waals surface area contributed by atoms with Crippen LogP contribution in [0.4, 0.5) is 10.5 Å². The Labute approximate surface area is 172 Å². The Balaban J connectivity index is 1.62. The maximum atomic E-state index is 12.6. The molecule has 28 heavy (non-hydrogen) atoms. The lowest BCUT2D eigenvalue weighted by molar-refractivity contribution is 0.160. The molecule has 1 aromatic rings. The first kappa shape index (κ1) is 22.6. The number of benzene rings is 1. The molecule has 0 unspecified atom stereocenters. The smallest absolute Gasteiger partial charge is 0.322 e. The number of hydrogen-bond donors (Lipinski definition) is 1. The summed E-state index contributed by atoms with van der Waals surface area (Å²) in [6.45, 7) is 6.06. The van der Waals surface area contributed by atoms with Crippen molar-refractivity contribution in [3.05, 3.63) is 24.3 Å². The molecule has 0 aromatic heterocycles. The van der Waals surface area contributed by atoms with E-state index in [4.69, 9.17) is 4.74 Å². The summed E-state index contributed by atoms with van der Waals surface area (Å²) in [5.41, 5.74) is 0.838. The van der Waals surface area contributed by atoms with Crippen LogP contribution >= 0.6 is 0 Å². The van der Waals surface area contributed by atoms with Gasteiger partial charge in [-0.3, -0.25) is 0 Å². The highest BCUT2D eigenvalue weighted by molar-refractivity contribution is 5.89. The van der Waals surface area contributed by atoms with E-state index in [9.17, 15) is 4.79 Å². The van der Waals surface area contributed by atoms with Crippen molar-refractivity contribution in [2.75, 3.05) is 18.5 Å². The molecule has 158 valence electrons. The van der Waals surface area contributed by atoms with Crippen molar-refractivity contribution in [1.82, 2.24) is 4.90 Å². The summed E-state index contributed by atoms with van der Waals surface area (Å²) in [6.07, 6.45) is 14.9. The van der Waals surface area contributed by atoms with Crippen LogP contribution in [0.3, 0.4) is 0 Å². The molecule has 2 rings (SSSR count). The number of nitrogens with zero attached hydrogens (tertiary/aromatic N) is 1. The number of hydrogen-bond acceptors (Lipinski definition) is 2. The van der Waals surface area contributed by atoms with E-state index < -0.39 is 0 Å². The van der Waals surface area contributed by atoms with E-state index >= 15 is 0 Å². The van der Waals surface area contributed by atoms with Gasteiger partial charge in [-0.1, -0.05) is 58.8 Å². The van der Waals surface area contributed by atoms with Crippen LogP contribution in [0.25, 0.3) is 0 Å². The minimum Gasteiger partial charge on any atom is -0.494 e. The molecular formula is C24H40N2O2. The fourth-order valence-electron chi connectivity index (χ4n) is 3.95. The average Bonchev–Trinajstić information content (AvgIpc) is 2.73. The molecule has 0 spiro atoms. The Morgan fingerprint density at radius 2 is 1.68 bits per heavy atom. The number of ether oxygens (including phenoxy) is 1. The molecule has 0 saturated carbocycles. The van der Waals surface area contributed by atoms with E-state index in [-0.39, 0.29) is 6.03 Å². The van der Waals surface area contributed by atoms with Gasteiger partial charge in [0.15, 0.2) is 0 Å². The van der Waals surface area contributed by atoms with E-state index in [0.717, 1.165) is 50.3 Å². The molecule has 0 aliphatic carbocycles. The van der Waals surface area contributed by atoms with Crippen molar-refractivity contribution >= 4 is 11.7 Å². The molecule has 4 nitrogen and oxygen atoms in total. The molecule has 2 amide bonds. The third-order valence-corrected chi connectivity index (χ3v) is 5.73. The molecule has 1 atom stereocenters. The molecule has 1 N–H and O–H groups in total. The van der Waals surface area contributed by atoms with Gasteiger partial charge in [0.05, 0.1) is 6.61 Å². The van der Waals surface area contributed by atoms with Crippen LogP contribution in [-0.4, -0.2) is 30.1 Å². The highest BCUT2D eigenvalue weighted by Crippen LogP contribution is 2.22. The number of carbonyl (C=O) groups is 1. The Hall–Kier alpha value is -1.71. The van der Waals surface area contributed by atoms with Gasteiger partial charge in [-0.15, -0.1) is 0 Å². The zero-order chi connectivity index (χ0) is 20.0. The van der Waals surface area contributed by atoms with Crippen molar-refractivity contribution in [2.24, 2.45) is 0 Å². The highest BCUT2D eigenvalue weighted by atomic mass is 16.5. The van der Waals surface area contributed by atoms with Gasteiger partial charge in [-0.05, 0) is 56.4 Å². The first-order chi connectivity index (χ1) is 13.7. The second kappa shape index (κ2) is 13.5. The van der Waals surface area contributed by atoms with Gasteiger partial charge in [0.2, 0.25) is 0 Å². The normalized spacial score (nSPS) is 16.8. The van der Waals surface area contributed by atoms with Crippen LogP contribution in [0, 0.1) is 0 Å². The van der Waals surface area contributed by atoms with Crippen LogP contribution in [0.15, 0.2) is 24.3 Å². The maximum absolute atomic E-state index is 12.6. The number of likely N-dealkylation sites (tertiary alicyclic amines) is 1. The summed E-state index contributed by atoms with van der Waals surface area (Å²) in [4.78, 5) is 14.6. The lowest BCUT2D eigenvalue weighted by Crippen LogP contribution is -2.45. The standard InChI is InChI=1S/C24H40N2O2/c1-3-5-6-7-8-9-10-13-20-28-23-17-15-21(16-18-23)25-24(27)26-19-12-11-14-22(26)4-2/h15-18,22H,3-14,19-20H2,1-2H3,(H,25,27)/t22-/m1/s1. The van der Waals surface area contributed by atoms with Crippen molar-refractivity contribution in [3.63, 3.8) is 0 Å². The number of rotatable bonds is 12. The van der Waals surface area contributed by atoms with Crippen molar-refractivity contribution in [3.8, 4) is 5.75 Å². The second-order valence-electron chi connectivity index (χ2n) is 8.03. The average molecular weight is 389 g/mol. The fraction of sp³-hybridized carbons (Fsp3) is 0.708. The first-order valence-corrected chi connectivity index (χ1v) is 11.5. The van der Waals surface area contributed by atoms with Gasteiger partial charge in [0.1, 0.15) is 5.75 Å². The van der Waals surface area contributed by atoms with Crippen molar-refractivity contribution in [1.29, 1.82) is 0 Å². The Kier molecular flexibility index (Phi) is 10.9. The van der Waals surface area contributed by atoms with Gasteiger partial charge in [-0.25, -0.2) is 4.79 Å². The van der Waals surface area contributed by atoms with Crippen LogP contribution in [0.2, 0.25) is 0 Å². The van der Waals surface area contributed by atoms with Gasteiger partial charge >= 0.3 is 6.03 Å². The molecule has 4 heteroatoms. The third kappa shape index (κ3) is 8.12. The van der Waals surface area contributed by atoms with E-state index in [1.54, 1.807) is 0 Å². The quantitative estimate of drug-likeness (QED) is 0.392. The molecule has 0 radical (unpaired) electrons. The Morgan fingerprint density at radius 1 is 1.00 bits per heavy atom. The summed E-state index contributed by atoms with van der Waals surface area (Å²) < 4.78 is 5.84. The SMILES string of the molecule is CCCCCCCCCCOc1ccc(NC(=O)N2CCCC[C@H]2CC)cc1. The first-order valence-electron chi connectivity index (χ1n) is 11.5. The van der Waals surface area contributed by atoms with E-state index in [1.807, 2.05) is 29.2 Å². The van der Waals surface area contributed by atoms with Gasteiger partial charge in [-0.2, -0.15) is 0 Å². The second-order valence-corrected chi connectivity index (χ2v) is 8.03. The molecule has 0 bridgehead atoms. The number of nitrogens with one attached hydrogen (secondary N) is 1. The number of urea groups is 1. The van der Waals surface area contributed by atoms with Crippen LogP contribution in [0.1, 0.15) is 90.9 Å². The number of carbonyl (C=O) groups excluding carboxylic acids is 1. The fourth-order valence-corrected chi connectivity index (χ4v) is 3.95. The largest absolute Gasteiger partial charge is 0.494 e. The van der Waals surface area contributed by atoms with E-state index in [1.165, 1.54) is 51.4 Å². The van der Waals surface area contributed by atoms with Gasteiger partial charge in [0.25, 0.3) is 0 Å².